The van der Waals surface area contributed by atoms with Crippen molar-refractivity contribution in [3.8, 4) is 6.07 Å². The van der Waals surface area contributed by atoms with Gasteiger partial charge in [-0.05, 0) is 25.0 Å². The van der Waals surface area contributed by atoms with Gasteiger partial charge in [0.05, 0.1) is 5.41 Å². The van der Waals surface area contributed by atoms with E-state index in [1.54, 1.807) is 0 Å². The Morgan fingerprint density at radius 3 is 2.67 bits per heavy atom. The smallest absolute Gasteiger partial charge is 0.311 e. The zero-order valence-electron chi connectivity index (χ0n) is 11.0. The van der Waals surface area contributed by atoms with Crippen molar-refractivity contribution in [3.05, 3.63) is 17.0 Å². The van der Waals surface area contributed by atoms with Gasteiger partial charge in [-0.2, -0.15) is 5.26 Å². The van der Waals surface area contributed by atoms with Gasteiger partial charge in [0.25, 0.3) is 0 Å². The highest BCUT2D eigenvalue weighted by molar-refractivity contribution is 7.91. The van der Waals surface area contributed by atoms with Crippen molar-refractivity contribution in [2.75, 3.05) is 19.8 Å². The van der Waals surface area contributed by atoms with E-state index in [0.717, 1.165) is 11.3 Å². The molecule has 1 saturated heterocycles. The molecule has 0 saturated carbocycles. The van der Waals surface area contributed by atoms with E-state index >= 15 is 0 Å². The van der Waals surface area contributed by atoms with Crippen LogP contribution in [0.4, 0.5) is 0 Å². The number of carbonyl (C=O) groups is 1. The first-order valence-electron chi connectivity index (χ1n) is 6.20. The standard InChI is InChI=1S/C12H14N2O5S2/c13-7-9-1-2-10(20-9)21(17,18)14-8-12(11(15)16)3-5-19-6-4-12/h1-2,14H,3-6,8H2,(H,15,16). The third-order valence-corrected chi connectivity index (χ3v) is 6.34. The Morgan fingerprint density at radius 2 is 2.14 bits per heavy atom. The summed E-state index contributed by atoms with van der Waals surface area (Å²) in [6.45, 7) is 0.408. The summed E-state index contributed by atoms with van der Waals surface area (Å²) in [5, 5.41) is 18.1. The molecule has 1 aliphatic heterocycles. The molecule has 1 fully saturated rings. The maximum absolute atomic E-state index is 12.1. The number of sulfonamides is 1. The molecule has 0 bridgehead atoms. The number of ether oxygens (including phenoxy) is 1. The summed E-state index contributed by atoms with van der Waals surface area (Å²) in [5.41, 5.74) is -1.14. The molecule has 2 N–H and O–H groups in total. The van der Waals surface area contributed by atoms with Crippen LogP contribution in [0.15, 0.2) is 16.3 Å². The lowest BCUT2D eigenvalue weighted by molar-refractivity contribution is -0.154. The van der Waals surface area contributed by atoms with Gasteiger partial charge in [0, 0.05) is 19.8 Å². The average Bonchev–Trinajstić information content (AvgIpc) is 2.96. The summed E-state index contributed by atoms with van der Waals surface area (Å²) in [6.07, 6.45) is 0.525. The third kappa shape index (κ3) is 3.41. The number of nitrogens with one attached hydrogen (secondary N) is 1. The van der Waals surface area contributed by atoms with Crippen LogP contribution in [-0.2, 0) is 19.6 Å². The van der Waals surface area contributed by atoms with Crippen molar-refractivity contribution in [2.45, 2.75) is 17.1 Å². The van der Waals surface area contributed by atoms with Gasteiger partial charge in [-0.25, -0.2) is 13.1 Å². The minimum absolute atomic E-state index is 0.00616. The van der Waals surface area contributed by atoms with Crippen LogP contribution in [0.2, 0.25) is 0 Å². The predicted molar refractivity (Wildman–Crippen MR) is 74.3 cm³/mol. The van der Waals surface area contributed by atoms with Crippen LogP contribution in [0.1, 0.15) is 17.7 Å². The van der Waals surface area contributed by atoms with E-state index in [1.165, 1.54) is 12.1 Å². The van der Waals surface area contributed by atoms with E-state index in [-0.39, 0.29) is 28.5 Å². The number of aliphatic carboxylic acids is 1. The summed E-state index contributed by atoms with van der Waals surface area (Å²) < 4.78 is 31.8. The van der Waals surface area contributed by atoms with Crippen molar-refractivity contribution in [3.63, 3.8) is 0 Å². The number of carboxylic acids is 1. The Kier molecular flexibility index (Phi) is 4.63. The van der Waals surface area contributed by atoms with Gasteiger partial charge in [-0.1, -0.05) is 0 Å². The van der Waals surface area contributed by atoms with E-state index in [0.29, 0.717) is 13.2 Å². The molecule has 0 spiro atoms. The average molecular weight is 330 g/mol. The Morgan fingerprint density at radius 1 is 1.48 bits per heavy atom. The van der Waals surface area contributed by atoms with Crippen molar-refractivity contribution < 1.29 is 23.1 Å². The first-order valence-corrected chi connectivity index (χ1v) is 8.50. The number of carboxylic acid groups (broad SMARTS) is 1. The number of thiophene rings is 1. The first-order chi connectivity index (χ1) is 9.89. The lowest BCUT2D eigenvalue weighted by Gasteiger charge is -2.32. The van der Waals surface area contributed by atoms with Crippen LogP contribution in [-0.4, -0.2) is 39.3 Å². The highest BCUT2D eigenvalue weighted by Gasteiger charge is 2.41. The van der Waals surface area contributed by atoms with Crippen molar-refractivity contribution in [1.29, 1.82) is 5.26 Å². The number of hydrogen-bond acceptors (Lipinski definition) is 6. The van der Waals surface area contributed by atoms with E-state index in [2.05, 4.69) is 4.72 Å². The fourth-order valence-corrected chi connectivity index (χ4v) is 4.33. The second kappa shape index (κ2) is 6.11. The molecular formula is C12H14N2O5S2. The molecule has 2 rings (SSSR count). The molecule has 0 radical (unpaired) electrons. The van der Waals surface area contributed by atoms with Gasteiger partial charge in [-0.3, -0.25) is 4.79 Å². The fourth-order valence-electron chi connectivity index (χ4n) is 2.06. The van der Waals surface area contributed by atoms with Gasteiger partial charge >= 0.3 is 5.97 Å². The Bertz CT molecular complexity index is 668. The minimum atomic E-state index is -3.81. The number of hydrogen-bond donors (Lipinski definition) is 2. The molecule has 21 heavy (non-hydrogen) atoms. The van der Waals surface area contributed by atoms with Gasteiger partial charge in [0.1, 0.15) is 15.2 Å². The molecule has 114 valence electrons. The monoisotopic (exact) mass is 330 g/mol. The van der Waals surface area contributed by atoms with Crippen LogP contribution >= 0.6 is 11.3 Å². The summed E-state index contributed by atoms with van der Waals surface area (Å²) in [4.78, 5) is 11.7. The van der Waals surface area contributed by atoms with Crippen LogP contribution in [0.5, 0.6) is 0 Å². The highest BCUT2D eigenvalue weighted by atomic mass is 32.2. The third-order valence-electron chi connectivity index (χ3n) is 3.46. The number of nitrogens with zero attached hydrogens (tertiary/aromatic N) is 1. The molecule has 2 heterocycles. The zero-order valence-corrected chi connectivity index (χ0v) is 12.7. The first kappa shape index (κ1) is 15.9. The zero-order chi connectivity index (χ0) is 15.5. The van der Waals surface area contributed by atoms with Gasteiger partial charge in [0.2, 0.25) is 10.0 Å². The highest BCUT2D eigenvalue weighted by Crippen LogP contribution is 2.31. The van der Waals surface area contributed by atoms with Crippen LogP contribution in [0.3, 0.4) is 0 Å². The van der Waals surface area contributed by atoms with E-state index in [9.17, 15) is 18.3 Å². The Hall–Kier alpha value is -1.47. The second-order valence-electron chi connectivity index (χ2n) is 4.75. The normalized spacial score (nSPS) is 18.0. The summed E-state index contributed by atoms with van der Waals surface area (Å²) in [5.74, 6) is -1.03. The van der Waals surface area contributed by atoms with Crippen molar-refractivity contribution >= 4 is 27.3 Å². The summed E-state index contributed by atoms with van der Waals surface area (Å²) in [7, 11) is -3.81. The maximum Gasteiger partial charge on any atom is 0.311 e. The topological polar surface area (TPSA) is 116 Å². The van der Waals surface area contributed by atoms with Crippen LogP contribution in [0, 0.1) is 16.7 Å². The summed E-state index contributed by atoms with van der Waals surface area (Å²) in [6, 6.07) is 4.62. The van der Waals surface area contributed by atoms with E-state index in [4.69, 9.17) is 10.00 Å². The molecule has 1 aromatic heterocycles. The van der Waals surface area contributed by atoms with Gasteiger partial charge in [0.15, 0.2) is 0 Å². The molecule has 0 unspecified atom stereocenters. The van der Waals surface area contributed by atoms with Crippen molar-refractivity contribution in [1.82, 2.24) is 4.72 Å². The molecule has 0 atom stereocenters. The molecule has 1 aliphatic rings. The molecular weight excluding hydrogens is 316 g/mol. The Labute approximate surface area is 126 Å². The fraction of sp³-hybridized carbons (Fsp3) is 0.500. The summed E-state index contributed by atoms with van der Waals surface area (Å²) >= 11 is 0.850. The largest absolute Gasteiger partial charge is 0.481 e. The molecule has 7 nitrogen and oxygen atoms in total. The van der Waals surface area contributed by atoms with Crippen molar-refractivity contribution in [2.24, 2.45) is 5.41 Å². The molecule has 9 heteroatoms. The molecule has 0 aliphatic carbocycles. The molecule has 0 aromatic carbocycles. The Balaban J connectivity index is 2.13. The molecule has 0 amide bonds. The maximum atomic E-state index is 12.1. The number of nitriles is 1. The number of rotatable bonds is 5. The van der Waals surface area contributed by atoms with Crippen LogP contribution in [0.25, 0.3) is 0 Å². The molecule has 1 aromatic rings. The lowest BCUT2D eigenvalue weighted by Crippen LogP contribution is -2.46. The van der Waals surface area contributed by atoms with Crippen LogP contribution < -0.4 is 4.72 Å². The van der Waals surface area contributed by atoms with Gasteiger partial charge in [-0.15, -0.1) is 11.3 Å². The second-order valence-corrected chi connectivity index (χ2v) is 7.83. The van der Waals surface area contributed by atoms with E-state index in [1.807, 2.05) is 6.07 Å². The minimum Gasteiger partial charge on any atom is -0.481 e. The van der Waals surface area contributed by atoms with E-state index < -0.39 is 21.4 Å². The van der Waals surface area contributed by atoms with Gasteiger partial charge < -0.3 is 9.84 Å². The quantitative estimate of drug-likeness (QED) is 0.824. The lowest BCUT2D eigenvalue weighted by atomic mass is 9.80. The SMILES string of the molecule is N#Cc1ccc(S(=O)(=O)NCC2(C(=O)O)CCOCC2)s1. The predicted octanol–water partition coefficient (Wildman–Crippen LogP) is 0.779.